The lowest BCUT2D eigenvalue weighted by Gasteiger charge is -2.38. The van der Waals surface area contributed by atoms with E-state index in [0.29, 0.717) is 5.78 Å². The average molecular weight is 350 g/mol. The molecule has 1 unspecified atom stereocenters. The van der Waals surface area contributed by atoms with E-state index in [9.17, 15) is 4.79 Å². The maximum atomic E-state index is 13.8. The molecule has 1 nitrogen and oxygen atoms in total. The molecule has 3 aromatic rings. The lowest BCUT2D eigenvalue weighted by molar-refractivity contribution is 0.0808. The number of benzene rings is 3. The summed E-state index contributed by atoms with van der Waals surface area (Å²) in [7, 11) is 0. The molecule has 0 fully saturated rings. The lowest BCUT2D eigenvalue weighted by atomic mass is 9.63. The van der Waals surface area contributed by atoms with Crippen molar-refractivity contribution in [1.82, 2.24) is 0 Å². The van der Waals surface area contributed by atoms with Crippen molar-refractivity contribution in [2.75, 3.05) is 0 Å². The van der Waals surface area contributed by atoms with Gasteiger partial charge in [0.2, 0.25) is 0 Å². The van der Waals surface area contributed by atoms with Crippen molar-refractivity contribution in [2.45, 2.75) is 25.7 Å². The molecule has 132 valence electrons. The SMILES string of the molecule is O=C1c2ccccc2CCC1(Cc1ccccc1)C1=Cc2ccccc2C1. The normalized spacial score (nSPS) is 20.7. The van der Waals surface area contributed by atoms with Crippen LogP contribution >= 0.6 is 0 Å². The molecule has 0 N–H and O–H groups in total. The standard InChI is InChI=1S/C26H22O/c27-25-24-13-7-6-10-20(24)14-15-26(25,18-19-8-2-1-3-9-19)23-16-21-11-4-5-12-22(21)17-23/h1-13,16H,14-15,17-18H2. The van der Waals surface area contributed by atoms with Crippen LogP contribution in [0, 0.1) is 5.41 Å². The van der Waals surface area contributed by atoms with E-state index < -0.39 is 5.41 Å². The Morgan fingerprint density at radius 3 is 2.30 bits per heavy atom. The Hall–Kier alpha value is -2.93. The smallest absolute Gasteiger partial charge is 0.173 e. The summed E-state index contributed by atoms with van der Waals surface area (Å²) in [5.41, 5.74) is 6.81. The van der Waals surface area contributed by atoms with Gasteiger partial charge in [0.15, 0.2) is 5.78 Å². The van der Waals surface area contributed by atoms with Crippen molar-refractivity contribution in [3.8, 4) is 0 Å². The number of ketones is 1. The minimum absolute atomic E-state index is 0.298. The van der Waals surface area contributed by atoms with E-state index >= 15 is 0 Å². The van der Waals surface area contributed by atoms with E-state index in [0.717, 1.165) is 31.2 Å². The largest absolute Gasteiger partial charge is 0.293 e. The van der Waals surface area contributed by atoms with Gasteiger partial charge in [-0.2, -0.15) is 0 Å². The van der Waals surface area contributed by atoms with Gasteiger partial charge in [0.25, 0.3) is 0 Å². The minimum Gasteiger partial charge on any atom is -0.293 e. The number of aryl methyl sites for hydroxylation is 1. The molecule has 0 aliphatic heterocycles. The summed E-state index contributed by atoms with van der Waals surface area (Å²) in [6.07, 6.45) is 5.79. The molecule has 0 aromatic heterocycles. The Morgan fingerprint density at radius 1 is 0.778 bits per heavy atom. The molecule has 0 saturated carbocycles. The number of hydrogen-bond acceptors (Lipinski definition) is 1. The van der Waals surface area contributed by atoms with E-state index in [-0.39, 0.29) is 0 Å². The van der Waals surface area contributed by atoms with Crippen LogP contribution in [0.5, 0.6) is 0 Å². The van der Waals surface area contributed by atoms with Gasteiger partial charge in [-0.25, -0.2) is 0 Å². The highest BCUT2D eigenvalue weighted by molar-refractivity contribution is 6.05. The van der Waals surface area contributed by atoms with Crippen molar-refractivity contribution in [2.24, 2.45) is 5.41 Å². The van der Waals surface area contributed by atoms with Crippen molar-refractivity contribution in [1.29, 1.82) is 0 Å². The molecule has 0 heterocycles. The zero-order valence-corrected chi connectivity index (χ0v) is 15.3. The second-order valence-corrected chi connectivity index (χ2v) is 7.78. The van der Waals surface area contributed by atoms with E-state index in [1.54, 1.807) is 0 Å². The van der Waals surface area contributed by atoms with Gasteiger partial charge in [-0.15, -0.1) is 0 Å². The van der Waals surface area contributed by atoms with Gasteiger partial charge < -0.3 is 0 Å². The zero-order chi connectivity index (χ0) is 18.3. The summed E-state index contributed by atoms with van der Waals surface area (Å²) >= 11 is 0. The third kappa shape index (κ3) is 2.66. The molecule has 0 radical (unpaired) electrons. The summed E-state index contributed by atoms with van der Waals surface area (Å²) in [6.45, 7) is 0. The molecule has 3 aromatic carbocycles. The van der Waals surface area contributed by atoms with Gasteiger partial charge in [-0.05, 0) is 47.9 Å². The molecule has 0 bridgehead atoms. The molecule has 0 amide bonds. The van der Waals surface area contributed by atoms with Crippen molar-refractivity contribution in [3.05, 3.63) is 112 Å². The lowest BCUT2D eigenvalue weighted by Crippen LogP contribution is -2.40. The van der Waals surface area contributed by atoms with E-state index in [2.05, 4.69) is 60.7 Å². The second-order valence-electron chi connectivity index (χ2n) is 7.78. The molecule has 5 rings (SSSR count). The van der Waals surface area contributed by atoms with Crippen LogP contribution in [0.25, 0.3) is 6.08 Å². The number of carbonyl (C=O) groups is 1. The molecular weight excluding hydrogens is 328 g/mol. The number of allylic oxidation sites excluding steroid dienone is 1. The van der Waals surface area contributed by atoms with Crippen LogP contribution in [0.2, 0.25) is 0 Å². The molecule has 2 aliphatic carbocycles. The Kier molecular flexibility index (Phi) is 3.82. The first-order chi connectivity index (χ1) is 13.3. The number of carbonyl (C=O) groups excluding carboxylic acids is 1. The van der Waals surface area contributed by atoms with Gasteiger partial charge in [0.1, 0.15) is 0 Å². The third-order valence-corrected chi connectivity index (χ3v) is 6.25. The van der Waals surface area contributed by atoms with Crippen LogP contribution in [0.3, 0.4) is 0 Å². The molecular formula is C26H22O. The molecule has 1 atom stereocenters. The summed E-state index contributed by atoms with van der Waals surface area (Å²) in [6, 6.07) is 27.2. The number of fused-ring (bicyclic) bond motifs is 2. The number of hydrogen-bond donors (Lipinski definition) is 0. The minimum atomic E-state index is -0.436. The highest BCUT2D eigenvalue weighted by atomic mass is 16.1. The highest BCUT2D eigenvalue weighted by Crippen LogP contribution is 2.47. The molecule has 0 saturated heterocycles. The van der Waals surface area contributed by atoms with Crippen LogP contribution in [0.1, 0.15) is 39.0 Å². The van der Waals surface area contributed by atoms with Gasteiger partial charge >= 0.3 is 0 Å². The predicted molar refractivity (Wildman–Crippen MR) is 110 cm³/mol. The van der Waals surface area contributed by atoms with Crippen LogP contribution in [-0.4, -0.2) is 5.78 Å². The Balaban J connectivity index is 1.63. The molecule has 2 aliphatic rings. The Morgan fingerprint density at radius 2 is 1.48 bits per heavy atom. The Bertz CT molecular complexity index is 1040. The first-order valence-electron chi connectivity index (χ1n) is 9.72. The Labute approximate surface area is 160 Å². The zero-order valence-electron chi connectivity index (χ0n) is 15.3. The van der Waals surface area contributed by atoms with Gasteiger partial charge in [0, 0.05) is 5.56 Å². The fourth-order valence-electron chi connectivity index (χ4n) is 4.80. The summed E-state index contributed by atoms with van der Waals surface area (Å²) in [5.74, 6) is 0.298. The van der Waals surface area contributed by atoms with Gasteiger partial charge in [-0.3, -0.25) is 4.79 Å². The quantitative estimate of drug-likeness (QED) is 0.593. The maximum Gasteiger partial charge on any atom is 0.173 e. The van der Waals surface area contributed by atoms with Gasteiger partial charge in [0.05, 0.1) is 5.41 Å². The molecule has 27 heavy (non-hydrogen) atoms. The van der Waals surface area contributed by atoms with Crippen LogP contribution < -0.4 is 0 Å². The fraction of sp³-hybridized carbons (Fsp3) is 0.192. The highest BCUT2D eigenvalue weighted by Gasteiger charge is 2.46. The monoisotopic (exact) mass is 350 g/mol. The first-order valence-corrected chi connectivity index (χ1v) is 9.72. The molecule has 0 spiro atoms. The summed E-state index contributed by atoms with van der Waals surface area (Å²) in [5, 5.41) is 0. The van der Waals surface area contributed by atoms with Crippen LogP contribution in [-0.2, 0) is 19.3 Å². The molecule has 1 heteroatoms. The van der Waals surface area contributed by atoms with E-state index in [1.807, 2.05) is 24.3 Å². The third-order valence-electron chi connectivity index (χ3n) is 6.25. The fourth-order valence-corrected chi connectivity index (χ4v) is 4.80. The number of rotatable bonds is 3. The van der Waals surface area contributed by atoms with Crippen molar-refractivity contribution >= 4 is 11.9 Å². The summed E-state index contributed by atoms with van der Waals surface area (Å²) < 4.78 is 0. The second kappa shape index (κ2) is 6.35. The first kappa shape index (κ1) is 16.3. The summed E-state index contributed by atoms with van der Waals surface area (Å²) in [4.78, 5) is 13.8. The number of Topliss-reactive ketones (excluding diaryl/α,β-unsaturated/α-hetero) is 1. The average Bonchev–Trinajstić information content (AvgIpc) is 3.16. The maximum absolute atomic E-state index is 13.8. The van der Waals surface area contributed by atoms with E-state index in [4.69, 9.17) is 0 Å². The predicted octanol–water partition coefficient (Wildman–Crippen LogP) is 5.68. The van der Waals surface area contributed by atoms with E-state index in [1.165, 1.54) is 27.8 Å². The van der Waals surface area contributed by atoms with Crippen molar-refractivity contribution in [3.63, 3.8) is 0 Å². The van der Waals surface area contributed by atoms with Gasteiger partial charge in [-0.1, -0.05) is 90.5 Å². The van der Waals surface area contributed by atoms with Crippen molar-refractivity contribution < 1.29 is 4.79 Å². The van der Waals surface area contributed by atoms with Crippen LogP contribution in [0.15, 0.2) is 84.4 Å². The van der Waals surface area contributed by atoms with Crippen LogP contribution in [0.4, 0.5) is 0 Å². The topological polar surface area (TPSA) is 17.1 Å².